The van der Waals surface area contributed by atoms with Crippen LogP contribution in [0.3, 0.4) is 0 Å². The molecule has 3 fully saturated rings. The summed E-state index contributed by atoms with van der Waals surface area (Å²) in [5.74, 6) is 0.369. The van der Waals surface area contributed by atoms with Gasteiger partial charge in [-0.2, -0.15) is 0 Å². The van der Waals surface area contributed by atoms with Crippen LogP contribution in [0.1, 0.15) is 76.7 Å². The van der Waals surface area contributed by atoms with Crippen LogP contribution in [-0.2, 0) is 16.9 Å². The smallest absolute Gasteiger partial charge is 0.335 e. The predicted molar refractivity (Wildman–Crippen MR) is 144 cm³/mol. The molecule has 1 spiro atoms. The van der Waals surface area contributed by atoms with E-state index in [0.29, 0.717) is 35.4 Å². The summed E-state index contributed by atoms with van der Waals surface area (Å²) in [5, 5.41) is 26.3. The Hall–Kier alpha value is -2.78. The number of carboxylic acids is 1. The average molecular weight is 551 g/mol. The topological polar surface area (TPSA) is 106 Å². The summed E-state index contributed by atoms with van der Waals surface area (Å²) in [7, 11) is 0. The number of benzene rings is 2. The molecule has 3 aliphatic carbocycles. The van der Waals surface area contributed by atoms with E-state index in [0.717, 1.165) is 64.0 Å². The molecule has 0 radical (unpaired) electrons. The van der Waals surface area contributed by atoms with Crippen molar-refractivity contribution in [2.45, 2.75) is 69.7 Å². The maximum Gasteiger partial charge on any atom is 0.335 e. The van der Waals surface area contributed by atoms with Crippen LogP contribution in [0, 0.1) is 12.3 Å². The van der Waals surface area contributed by atoms with E-state index in [2.05, 4.69) is 10.1 Å². The third kappa shape index (κ3) is 3.97. The zero-order chi connectivity index (χ0) is 26.2. The van der Waals surface area contributed by atoms with Gasteiger partial charge in [0.25, 0.3) is 0 Å². The summed E-state index contributed by atoms with van der Waals surface area (Å²) in [5.41, 5.74) is 3.82. The van der Waals surface area contributed by atoms with Crippen LogP contribution in [0.4, 0.5) is 0 Å². The number of nitrogens with zero attached hydrogens (tertiary/aromatic N) is 2. The van der Waals surface area contributed by atoms with Crippen molar-refractivity contribution in [3.05, 3.63) is 68.9 Å². The molecule has 3 aliphatic rings. The van der Waals surface area contributed by atoms with Crippen LogP contribution in [-0.4, -0.2) is 32.4 Å². The standard InChI is InChI=1S/C29H27ClN2O5S/c1-15-3-2-4-20(30)23(15)24-19(25(37-32-24)16-5-6-16)12-36-18-10-28(11-18)13-29(35,14-28)27-31-21-8-7-17(26(33)34)9-22(21)38-27/h2-4,7-9,16,18,35H,5-6,10-14H2,1H3,(H,33,34). The first-order chi connectivity index (χ1) is 18.2. The van der Waals surface area contributed by atoms with Crippen molar-refractivity contribution in [1.82, 2.24) is 10.1 Å². The van der Waals surface area contributed by atoms with Crippen molar-refractivity contribution >= 4 is 39.1 Å². The third-order valence-electron chi connectivity index (χ3n) is 8.38. The fourth-order valence-electron chi connectivity index (χ4n) is 6.37. The van der Waals surface area contributed by atoms with Gasteiger partial charge in [0.15, 0.2) is 0 Å². The summed E-state index contributed by atoms with van der Waals surface area (Å²) in [6.07, 6.45) is 5.43. The number of rotatable bonds is 7. The van der Waals surface area contributed by atoms with Gasteiger partial charge in [-0.1, -0.05) is 28.9 Å². The number of aliphatic hydroxyl groups is 1. The second kappa shape index (κ2) is 8.61. The van der Waals surface area contributed by atoms with Gasteiger partial charge >= 0.3 is 5.97 Å². The number of aromatic nitrogens is 2. The lowest BCUT2D eigenvalue weighted by atomic mass is 9.49. The molecule has 2 N–H and O–H groups in total. The number of thiazole rings is 1. The molecule has 2 heterocycles. The Bertz CT molecular complexity index is 1550. The number of carboxylic acid groups (broad SMARTS) is 1. The molecule has 3 saturated carbocycles. The van der Waals surface area contributed by atoms with Gasteiger partial charge in [0.05, 0.1) is 33.5 Å². The molecular weight excluding hydrogens is 524 g/mol. The van der Waals surface area contributed by atoms with E-state index in [1.165, 1.54) is 11.3 Å². The Morgan fingerprint density at radius 1 is 1.24 bits per heavy atom. The molecule has 0 unspecified atom stereocenters. The van der Waals surface area contributed by atoms with Crippen molar-refractivity contribution in [2.75, 3.05) is 0 Å². The molecule has 2 aromatic carbocycles. The van der Waals surface area contributed by atoms with Crippen LogP contribution in [0.25, 0.3) is 21.5 Å². The van der Waals surface area contributed by atoms with Gasteiger partial charge in [-0.15, -0.1) is 11.3 Å². The molecular formula is C29H27ClN2O5S. The van der Waals surface area contributed by atoms with E-state index in [-0.39, 0.29) is 17.1 Å². The molecule has 0 atom stereocenters. The van der Waals surface area contributed by atoms with Gasteiger partial charge in [-0.25, -0.2) is 9.78 Å². The molecule has 0 bridgehead atoms. The Morgan fingerprint density at radius 3 is 2.74 bits per heavy atom. The third-order valence-corrected chi connectivity index (χ3v) is 9.91. The van der Waals surface area contributed by atoms with Gasteiger partial charge in [0, 0.05) is 17.0 Å². The molecule has 0 amide bonds. The summed E-state index contributed by atoms with van der Waals surface area (Å²) in [4.78, 5) is 15.9. The lowest BCUT2D eigenvalue weighted by Gasteiger charge is -2.60. The van der Waals surface area contributed by atoms with E-state index in [9.17, 15) is 15.0 Å². The molecule has 0 saturated heterocycles. The quantitative estimate of drug-likeness (QED) is 0.259. The molecule has 0 aliphatic heterocycles. The molecule has 4 aromatic rings. The maximum atomic E-state index is 11.3. The summed E-state index contributed by atoms with van der Waals surface area (Å²) < 4.78 is 13.0. The highest BCUT2D eigenvalue weighted by Gasteiger charge is 2.61. The number of fused-ring (bicyclic) bond motifs is 1. The van der Waals surface area contributed by atoms with Gasteiger partial charge < -0.3 is 19.5 Å². The number of ether oxygens (including phenoxy) is 1. The van der Waals surface area contributed by atoms with Crippen molar-refractivity contribution in [3.8, 4) is 11.3 Å². The number of carbonyl (C=O) groups is 1. The van der Waals surface area contributed by atoms with Crippen molar-refractivity contribution in [1.29, 1.82) is 0 Å². The zero-order valence-electron chi connectivity index (χ0n) is 20.9. The molecule has 7 nitrogen and oxygen atoms in total. The Labute approximate surface area is 228 Å². The van der Waals surface area contributed by atoms with E-state index in [4.69, 9.17) is 20.9 Å². The van der Waals surface area contributed by atoms with Crippen molar-refractivity contribution in [3.63, 3.8) is 0 Å². The summed E-state index contributed by atoms with van der Waals surface area (Å²) in [6, 6.07) is 10.7. The van der Waals surface area contributed by atoms with Gasteiger partial charge in [-0.05, 0) is 80.7 Å². The summed E-state index contributed by atoms with van der Waals surface area (Å²) in [6.45, 7) is 2.46. The lowest BCUT2D eigenvalue weighted by molar-refractivity contribution is -0.215. The number of hydrogen-bond donors (Lipinski definition) is 2. The van der Waals surface area contributed by atoms with E-state index in [1.54, 1.807) is 18.2 Å². The first-order valence-corrected chi connectivity index (χ1v) is 14.2. The van der Waals surface area contributed by atoms with Crippen molar-refractivity contribution < 1.29 is 24.3 Å². The fourth-order valence-corrected chi connectivity index (χ4v) is 7.77. The molecule has 9 heteroatoms. The first kappa shape index (κ1) is 24.3. The van der Waals surface area contributed by atoms with Crippen LogP contribution >= 0.6 is 22.9 Å². The number of halogens is 1. The van der Waals surface area contributed by atoms with Crippen LogP contribution < -0.4 is 0 Å². The number of aryl methyl sites for hydroxylation is 1. The number of aromatic carboxylic acids is 1. The first-order valence-electron chi connectivity index (χ1n) is 13.0. The normalized spacial score (nSPS) is 26.4. The maximum absolute atomic E-state index is 11.3. The highest BCUT2D eigenvalue weighted by molar-refractivity contribution is 7.18. The second-order valence-electron chi connectivity index (χ2n) is 11.3. The van der Waals surface area contributed by atoms with Crippen LogP contribution in [0.15, 0.2) is 40.9 Å². The molecule has 2 aromatic heterocycles. The molecule has 7 rings (SSSR count). The van der Waals surface area contributed by atoms with Gasteiger partial charge in [0.2, 0.25) is 0 Å². The summed E-state index contributed by atoms with van der Waals surface area (Å²) >= 11 is 7.94. The van der Waals surface area contributed by atoms with Crippen LogP contribution in [0.2, 0.25) is 5.02 Å². The highest BCUT2D eigenvalue weighted by atomic mass is 35.5. The lowest BCUT2D eigenvalue weighted by Crippen LogP contribution is -2.58. The van der Waals surface area contributed by atoms with Gasteiger partial charge in [-0.3, -0.25) is 0 Å². The van der Waals surface area contributed by atoms with Crippen LogP contribution in [0.5, 0.6) is 0 Å². The zero-order valence-corrected chi connectivity index (χ0v) is 22.4. The Balaban J connectivity index is 1.02. The van der Waals surface area contributed by atoms with Crippen molar-refractivity contribution in [2.24, 2.45) is 5.41 Å². The minimum atomic E-state index is -0.965. The van der Waals surface area contributed by atoms with E-state index >= 15 is 0 Å². The molecule has 38 heavy (non-hydrogen) atoms. The largest absolute Gasteiger partial charge is 0.478 e. The van der Waals surface area contributed by atoms with Gasteiger partial charge in [0.1, 0.15) is 22.1 Å². The minimum absolute atomic E-state index is 0.0691. The SMILES string of the molecule is Cc1cccc(Cl)c1-c1noc(C2CC2)c1COC1CC2(C1)CC(O)(c1nc3ccc(C(=O)O)cc3s1)C2. The second-order valence-corrected chi connectivity index (χ2v) is 12.8. The fraction of sp³-hybridized carbons (Fsp3) is 0.414. The Morgan fingerprint density at radius 2 is 2.03 bits per heavy atom. The monoisotopic (exact) mass is 550 g/mol. The number of hydrogen-bond acceptors (Lipinski definition) is 7. The Kier molecular flexibility index (Phi) is 5.50. The predicted octanol–water partition coefficient (Wildman–Crippen LogP) is 6.84. The van der Waals surface area contributed by atoms with E-state index < -0.39 is 11.6 Å². The van der Waals surface area contributed by atoms with E-state index in [1.807, 2.05) is 25.1 Å². The average Bonchev–Trinajstić information content (AvgIpc) is 3.45. The minimum Gasteiger partial charge on any atom is -0.478 e. The molecule has 196 valence electrons. The highest BCUT2D eigenvalue weighted by Crippen LogP contribution is 2.65.